The highest BCUT2D eigenvalue weighted by atomic mass is 16.6. The minimum Gasteiger partial charge on any atom is -0.496 e. The van der Waals surface area contributed by atoms with Crippen LogP contribution >= 0.6 is 0 Å². The van der Waals surface area contributed by atoms with E-state index < -0.39 is 22.9 Å². The van der Waals surface area contributed by atoms with Gasteiger partial charge in [-0.15, -0.1) is 0 Å². The third-order valence-corrected chi connectivity index (χ3v) is 3.96. The number of methoxy groups -OCH3 is 1. The van der Waals surface area contributed by atoms with Gasteiger partial charge >= 0.3 is 5.97 Å². The molecule has 2 aromatic rings. The van der Waals surface area contributed by atoms with E-state index in [4.69, 9.17) is 9.47 Å². The van der Waals surface area contributed by atoms with Crippen molar-refractivity contribution in [1.29, 1.82) is 0 Å². The molecule has 0 heterocycles. The fourth-order valence-corrected chi connectivity index (χ4v) is 2.50. The molecule has 2 N–H and O–H groups in total. The second kappa shape index (κ2) is 10.0. The van der Waals surface area contributed by atoms with E-state index in [0.717, 1.165) is 0 Å². The van der Waals surface area contributed by atoms with Crippen LogP contribution in [0.5, 0.6) is 5.75 Å². The maximum Gasteiger partial charge on any atom is 0.311 e. The van der Waals surface area contributed by atoms with Gasteiger partial charge in [0.1, 0.15) is 11.4 Å². The SMILES string of the molecule is COc1ccc(NC(=O)[C@@H](C)OC(=O)Cc2ccc(NC(C)=O)cc2)c([N+](=O)[O-])c1. The van der Waals surface area contributed by atoms with Crippen molar-refractivity contribution >= 4 is 34.8 Å². The second-order valence-electron chi connectivity index (χ2n) is 6.32. The quantitative estimate of drug-likeness (QED) is 0.384. The van der Waals surface area contributed by atoms with Gasteiger partial charge in [-0.2, -0.15) is 0 Å². The van der Waals surface area contributed by atoms with E-state index in [1.807, 2.05) is 0 Å². The average molecular weight is 415 g/mol. The lowest BCUT2D eigenvalue weighted by Gasteiger charge is -2.14. The Morgan fingerprint density at radius 2 is 1.77 bits per heavy atom. The number of rotatable bonds is 8. The third-order valence-electron chi connectivity index (χ3n) is 3.96. The second-order valence-corrected chi connectivity index (χ2v) is 6.32. The smallest absolute Gasteiger partial charge is 0.311 e. The normalized spacial score (nSPS) is 11.2. The number of nitro groups is 1. The molecule has 0 bridgehead atoms. The molecule has 0 aliphatic heterocycles. The van der Waals surface area contributed by atoms with Gasteiger partial charge in [-0.05, 0) is 36.8 Å². The fourth-order valence-electron chi connectivity index (χ4n) is 2.50. The number of ether oxygens (including phenoxy) is 2. The highest BCUT2D eigenvalue weighted by Gasteiger charge is 2.22. The summed E-state index contributed by atoms with van der Waals surface area (Å²) in [4.78, 5) is 46.0. The molecule has 10 heteroatoms. The summed E-state index contributed by atoms with van der Waals surface area (Å²) in [5.74, 6) is -1.30. The molecule has 30 heavy (non-hydrogen) atoms. The Hall–Kier alpha value is -3.95. The van der Waals surface area contributed by atoms with Crippen LogP contribution in [-0.2, 0) is 25.5 Å². The standard InChI is InChI=1S/C20H21N3O7/c1-12(20(26)22-17-9-8-16(29-3)11-18(17)23(27)28)30-19(25)10-14-4-6-15(7-5-14)21-13(2)24/h4-9,11-12H,10H2,1-3H3,(H,21,24)(H,22,26)/t12-/m1/s1. The molecule has 0 aromatic heterocycles. The number of nitro benzene ring substituents is 1. The number of hydrogen-bond acceptors (Lipinski definition) is 7. The first kappa shape index (κ1) is 22.3. The van der Waals surface area contributed by atoms with Gasteiger partial charge in [-0.25, -0.2) is 0 Å². The Kier molecular flexibility index (Phi) is 7.45. The molecule has 0 aliphatic carbocycles. The van der Waals surface area contributed by atoms with E-state index >= 15 is 0 Å². The Bertz CT molecular complexity index is 957. The summed E-state index contributed by atoms with van der Waals surface area (Å²) in [6.45, 7) is 2.75. The highest BCUT2D eigenvalue weighted by Crippen LogP contribution is 2.29. The number of nitrogens with zero attached hydrogens (tertiary/aromatic N) is 1. The van der Waals surface area contributed by atoms with Crippen LogP contribution in [0.15, 0.2) is 42.5 Å². The number of anilines is 2. The average Bonchev–Trinajstić information content (AvgIpc) is 2.69. The number of esters is 1. The summed E-state index contributed by atoms with van der Waals surface area (Å²) in [5, 5.41) is 16.2. The molecule has 0 aliphatic rings. The van der Waals surface area contributed by atoms with Crippen LogP contribution in [0.2, 0.25) is 0 Å². The van der Waals surface area contributed by atoms with Crippen molar-refractivity contribution in [3.05, 3.63) is 58.1 Å². The van der Waals surface area contributed by atoms with Crippen molar-refractivity contribution in [2.75, 3.05) is 17.7 Å². The molecule has 158 valence electrons. The van der Waals surface area contributed by atoms with E-state index in [1.165, 1.54) is 39.2 Å². The largest absolute Gasteiger partial charge is 0.496 e. The Balaban J connectivity index is 1.96. The van der Waals surface area contributed by atoms with Crippen LogP contribution in [0.4, 0.5) is 17.1 Å². The van der Waals surface area contributed by atoms with E-state index in [0.29, 0.717) is 11.3 Å². The van der Waals surface area contributed by atoms with Gasteiger partial charge in [0.2, 0.25) is 5.91 Å². The van der Waals surface area contributed by atoms with E-state index in [2.05, 4.69) is 10.6 Å². The summed E-state index contributed by atoms with van der Waals surface area (Å²) >= 11 is 0. The van der Waals surface area contributed by atoms with Gasteiger partial charge in [0.05, 0.1) is 24.5 Å². The monoisotopic (exact) mass is 415 g/mol. The van der Waals surface area contributed by atoms with Gasteiger partial charge in [0.15, 0.2) is 6.10 Å². The fraction of sp³-hybridized carbons (Fsp3) is 0.250. The molecule has 2 aromatic carbocycles. The van der Waals surface area contributed by atoms with Crippen LogP contribution in [0.1, 0.15) is 19.4 Å². The molecule has 1 atom stereocenters. The number of benzene rings is 2. The maximum atomic E-state index is 12.3. The van der Waals surface area contributed by atoms with Crippen molar-refractivity contribution in [2.45, 2.75) is 26.4 Å². The topological polar surface area (TPSA) is 137 Å². The molecule has 10 nitrogen and oxygen atoms in total. The van der Waals surface area contributed by atoms with Gasteiger partial charge in [0.25, 0.3) is 11.6 Å². The first-order valence-corrected chi connectivity index (χ1v) is 8.89. The molecular formula is C20H21N3O7. The van der Waals surface area contributed by atoms with E-state index in [1.54, 1.807) is 24.3 Å². The number of carbonyl (C=O) groups is 3. The van der Waals surface area contributed by atoms with Crippen LogP contribution < -0.4 is 15.4 Å². The van der Waals surface area contributed by atoms with Gasteiger partial charge in [0, 0.05) is 12.6 Å². The van der Waals surface area contributed by atoms with Gasteiger partial charge < -0.3 is 20.1 Å². The first-order valence-electron chi connectivity index (χ1n) is 8.89. The third kappa shape index (κ3) is 6.30. The Morgan fingerprint density at radius 3 is 2.33 bits per heavy atom. The lowest BCUT2D eigenvalue weighted by Crippen LogP contribution is -2.30. The Labute approximate surface area is 172 Å². The molecular weight excluding hydrogens is 394 g/mol. The zero-order valence-electron chi connectivity index (χ0n) is 16.6. The molecule has 0 radical (unpaired) electrons. The maximum absolute atomic E-state index is 12.3. The predicted molar refractivity (Wildman–Crippen MR) is 108 cm³/mol. The van der Waals surface area contributed by atoms with Crippen molar-refractivity contribution in [1.82, 2.24) is 0 Å². The van der Waals surface area contributed by atoms with Gasteiger partial charge in [-0.3, -0.25) is 24.5 Å². The first-order chi connectivity index (χ1) is 14.2. The molecule has 0 spiro atoms. The summed E-state index contributed by atoms with van der Waals surface area (Å²) in [6.07, 6.45) is -1.25. The molecule has 0 fully saturated rings. The van der Waals surface area contributed by atoms with Crippen LogP contribution in [0, 0.1) is 10.1 Å². The minimum absolute atomic E-state index is 0.0396. The van der Waals surface area contributed by atoms with Crippen LogP contribution in [0.25, 0.3) is 0 Å². The zero-order chi connectivity index (χ0) is 22.3. The summed E-state index contributed by atoms with van der Waals surface area (Å²) in [5.41, 5.74) is 0.837. The van der Waals surface area contributed by atoms with Crippen molar-refractivity contribution in [3.63, 3.8) is 0 Å². The van der Waals surface area contributed by atoms with Crippen LogP contribution in [-0.4, -0.2) is 35.9 Å². The summed E-state index contributed by atoms with van der Waals surface area (Å²) in [7, 11) is 1.37. The number of carbonyl (C=O) groups excluding carboxylic acids is 3. The molecule has 0 unspecified atom stereocenters. The lowest BCUT2D eigenvalue weighted by atomic mass is 10.1. The molecule has 0 saturated heterocycles. The molecule has 0 saturated carbocycles. The predicted octanol–water partition coefficient (Wildman–Crippen LogP) is 2.67. The summed E-state index contributed by atoms with van der Waals surface area (Å²) in [6, 6.07) is 10.6. The Morgan fingerprint density at radius 1 is 1.10 bits per heavy atom. The summed E-state index contributed by atoms with van der Waals surface area (Å²) < 4.78 is 10.1. The van der Waals surface area contributed by atoms with Crippen molar-refractivity contribution < 1.29 is 28.8 Å². The number of nitrogens with one attached hydrogen (secondary N) is 2. The number of amides is 2. The minimum atomic E-state index is -1.17. The van der Waals surface area contributed by atoms with Crippen LogP contribution in [0.3, 0.4) is 0 Å². The molecule has 2 rings (SSSR count). The zero-order valence-corrected chi connectivity index (χ0v) is 16.6. The lowest BCUT2D eigenvalue weighted by molar-refractivity contribution is -0.384. The van der Waals surface area contributed by atoms with Gasteiger partial charge in [-0.1, -0.05) is 12.1 Å². The van der Waals surface area contributed by atoms with Crippen molar-refractivity contribution in [3.8, 4) is 5.75 Å². The van der Waals surface area contributed by atoms with E-state index in [9.17, 15) is 24.5 Å². The number of hydrogen-bond donors (Lipinski definition) is 2. The highest BCUT2D eigenvalue weighted by molar-refractivity contribution is 5.97. The van der Waals surface area contributed by atoms with Crippen molar-refractivity contribution in [2.24, 2.45) is 0 Å². The molecule has 2 amide bonds. The van der Waals surface area contributed by atoms with E-state index in [-0.39, 0.29) is 29.5 Å².